The molecule has 0 radical (unpaired) electrons. The number of amides is 1. The highest BCUT2D eigenvalue weighted by molar-refractivity contribution is 7.89. The molecule has 0 atom stereocenters. The third kappa shape index (κ3) is 6.34. The molecule has 0 aliphatic heterocycles. The van der Waals surface area contributed by atoms with E-state index in [0.29, 0.717) is 0 Å². The molecule has 1 N–H and O–H groups in total. The number of hydrogen-bond donors (Lipinski definition) is 1. The summed E-state index contributed by atoms with van der Waals surface area (Å²) < 4.78 is 60.0. The van der Waals surface area contributed by atoms with Crippen molar-refractivity contribution in [2.24, 2.45) is 0 Å². The van der Waals surface area contributed by atoms with Gasteiger partial charge in [-0.05, 0) is 36.4 Å². The van der Waals surface area contributed by atoms with Crippen LogP contribution in [0.1, 0.15) is 13.8 Å². The van der Waals surface area contributed by atoms with Gasteiger partial charge in [-0.15, -0.1) is 0 Å². The van der Waals surface area contributed by atoms with E-state index >= 15 is 0 Å². The van der Waals surface area contributed by atoms with Crippen molar-refractivity contribution < 1.29 is 36.4 Å². The zero-order valence-corrected chi connectivity index (χ0v) is 18.0. The number of carbonyl (C=O) groups excluding carboxylic acids is 1. The fourth-order valence-electron chi connectivity index (χ4n) is 2.70. The Morgan fingerprint density at radius 3 is 2.31 bits per heavy atom. The first kappa shape index (κ1) is 24.9. The monoisotopic (exact) mass is 473 g/mol. The SMILES string of the molecule is CCN(CC)S(=O)(=O)c1ccc(OCC(=O)Nc2ccc(OC(F)F)cc2)c([N+](=O)[O-])c1. The quantitative estimate of drug-likeness (QED) is 0.392. The van der Waals surface area contributed by atoms with E-state index in [4.69, 9.17) is 4.74 Å². The van der Waals surface area contributed by atoms with Gasteiger partial charge < -0.3 is 14.8 Å². The van der Waals surface area contributed by atoms with Crippen molar-refractivity contribution in [2.45, 2.75) is 25.4 Å². The number of hydrogen-bond acceptors (Lipinski definition) is 7. The molecule has 0 unspecified atom stereocenters. The van der Waals surface area contributed by atoms with Crippen molar-refractivity contribution in [1.29, 1.82) is 0 Å². The zero-order valence-electron chi connectivity index (χ0n) is 17.2. The summed E-state index contributed by atoms with van der Waals surface area (Å²) in [7, 11) is -3.92. The van der Waals surface area contributed by atoms with Gasteiger partial charge in [0.05, 0.1) is 9.82 Å². The summed E-state index contributed by atoms with van der Waals surface area (Å²) in [6, 6.07) is 8.25. The Morgan fingerprint density at radius 1 is 1.16 bits per heavy atom. The topological polar surface area (TPSA) is 128 Å². The second kappa shape index (κ2) is 10.8. The first-order chi connectivity index (χ1) is 15.1. The molecule has 174 valence electrons. The van der Waals surface area contributed by atoms with Crippen LogP contribution >= 0.6 is 0 Å². The number of nitro groups is 1. The maximum Gasteiger partial charge on any atom is 0.387 e. The van der Waals surface area contributed by atoms with E-state index in [2.05, 4.69) is 10.1 Å². The van der Waals surface area contributed by atoms with Gasteiger partial charge in [0.15, 0.2) is 12.4 Å². The lowest BCUT2D eigenvalue weighted by atomic mass is 10.3. The molecule has 0 bridgehead atoms. The lowest BCUT2D eigenvalue weighted by Gasteiger charge is -2.18. The van der Waals surface area contributed by atoms with Crippen molar-refractivity contribution in [3.05, 3.63) is 52.6 Å². The average molecular weight is 473 g/mol. The molecule has 2 aromatic rings. The average Bonchev–Trinajstić information content (AvgIpc) is 2.73. The van der Waals surface area contributed by atoms with Crippen LogP contribution in [0.3, 0.4) is 0 Å². The molecular weight excluding hydrogens is 452 g/mol. The van der Waals surface area contributed by atoms with Crippen LogP contribution in [0.5, 0.6) is 11.5 Å². The number of sulfonamides is 1. The van der Waals surface area contributed by atoms with Crippen LogP contribution in [0.2, 0.25) is 0 Å². The lowest BCUT2D eigenvalue weighted by Crippen LogP contribution is -2.30. The Labute approximate surface area is 182 Å². The first-order valence-corrected chi connectivity index (χ1v) is 10.8. The summed E-state index contributed by atoms with van der Waals surface area (Å²) in [5.74, 6) is -1.06. The number of rotatable bonds is 11. The van der Waals surface area contributed by atoms with Gasteiger partial charge in [0.2, 0.25) is 10.0 Å². The number of ether oxygens (including phenoxy) is 2. The van der Waals surface area contributed by atoms with Crippen LogP contribution < -0.4 is 14.8 Å². The number of nitrogens with one attached hydrogen (secondary N) is 1. The van der Waals surface area contributed by atoms with E-state index in [1.807, 2.05) is 0 Å². The Hall–Kier alpha value is -3.32. The summed E-state index contributed by atoms with van der Waals surface area (Å²) >= 11 is 0. The number of alkyl halides is 2. The lowest BCUT2D eigenvalue weighted by molar-refractivity contribution is -0.386. The summed E-state index contributed by atoms with van der Waals surface area (Å²) in [6.07, 6.45) is 0. The third-order valence-corrected chi connectivity index (χ3v) is 6.24. The van der Waals surface area contributed by atoms with E-state index in [1.54, 1.807) is 13.8 Å². The molecule has 0 saturated heterocycles. The Kier molecular flexibility index (Phi) is 8.43. The molecule has 0 aromatic heterocycles. The number of halogens is 2. The molecule has 0 heterocycles. The van der Waals surface area contributed by atoms with Gasteiger partial charge in [-0.25, -0.2) is 8.42 Å². The highest BCUT2D eigenvalue weighted by Crippen LogP contribution is 2.31. The summed E-state index contributed by atoms with van der Waals surface area (Å²) in [6.45, 7) is 0.0855. The Morgan fingerprint density at radius 2 is 1.78 bits per heavy atom. The molecule has 0 saturated carbocycles. The molecule has 10 nitrogen and oxygen atoms in total. The standard InChI is InChI=1S/C19H21F2N3O7S/c1-3-23(4-2)32(28,29)15-9-10-17(16(11-15)24(26)27)30-12-18(25)22-13-5-7-14(8-6-13)31-19(20)21/h5-11,19H,3-4,12H2,1-2H3,(H,22,25). The van der Waals surface area contributed by atoms with E-state index in [-0.39, 0.29) is 35.2 Å². The van der Waals surface area contributed by atoms with E-state index < -0.39 is 39.8 Å². The number of nitro benzene ring substituents is 1. The van der Waals surface area contributed by atoms with Gasteiger partial charge in [-0.3, -0.25) is 14.9 Å². The van der Waals surface area contributed by atoms with Gasteiger partial charge in [-0.2, -0.15) is 13.1 Å². The van der Waals surface area contributed by atoms with Crippen molar-refractivity contribution >= 4 is 27.3 Å². The molecule has 13 heteroatoms. The highest BCUT2D eigenvalue weighted by atomic mass is 32.2. The maximum absolute atomic E-state index is 12.6. The number of benzene rings is 2. The Balaban J connectivity index is 2.10. The minimum Gasteiger partial charge on any atom is -0.477 e. The van der Waals surface area contributed by atoms with Crippen molar-refractivity contribution in [1.82, 2.24) is 4.31 Å². The van der Waals surface area contributed by atoms with Crippen LogP contribution in [-0.2, 0) is 14.8 Å². The maximum atomic E-state index is 12.6. The zero-order chi connectivity index (χ0) is 23.9. The first-order valence-electron chi connectivity index (χ1n) is 9.34. The molecule has 2 aromatic carbocycles. The molecular formula is C19H21F2N3O7S. The fourth-order valence-corrected chi connectivity index (χ4v) is 4.17. The summed E-state index contributed by atoms with van der Waals surface area (Å²) in [5.41, 5.74) is -0.352. The van der Waals surface area contributed by atoms with Gasteiger partial charge in [-0.1, -0.05) is 13.8 Å². The van der Waals surface area contributed by atoms with E-state index in [0.717, 1.165) is 22.5 Å². The van der Waals surface area contributed by atoms with Gasteiger partial charge >= 0.3 is 12.3 Å². The van der Waals surface area contributed by atoms with Crippen molar-refractivity contribution in [2.75, 3.05) is 25.0 Å². The summed E-state index contributed by atoms with van der Waals surface area (Å²) in [4.78, 5) is 22.4. The molecule has 2 rings (SSSR count). The smallest absolute Gasteiger partial charge is 0.387 e. The van der Waals surface area contributed by atoms with Crippen LogP contribution in [-0.4, -0.2) is 49.9 Å². The largest absolute Gasteiger partial charge is 0.477 e. The van der Waals surface area contributed by atoms with Crippen LogP contribution in [0, 0.1) is 10.1 Å². The number of anilines is 1. The van der Waals surface area contributed by atoms with Crippen LogP contribution in [0.4, 0.5) is 20.2 Å². The molecule has 32 heavy (non-hydrogen) atoms. The minimum absolute atomic E-state index is 0.0929. The van der Waals surface area contributed by atoms with Crippen LogP contribution in [0.15, 0.2) is 47.4 Å². The van der Waals surface area contributed by atoms with Crippen molar-refractivity contribution in [3.8, 4) is 11.5 Å². The minimum atomic E-state index is -3.92. The fraction of sp³-hybridized carbons (Fsp3) is 0.316. The normalized spacial score (nSPS) is 11.4. The predicted molar refractivity (Wildman–Crippen MR) is 110 cm³/mol. The third-order valence-electron chi connectivity index (χ3n) is 4.19. The predicted octanol–water partition coefficient (Wildman–Crippen LogP) is 3.24. The molecule has 1 amide bonds. The van der Waals surface area contributed by atoms with Gasteiger partial charge in [0.25, 0.3) is 5.91 Å². The second-order valence-electron chi connectivity index (χ2n) is 6.22. The van der Waals surface area contributed by atoms with E-state index in [1.165, 1.54) is 24.3 Å². The van der Waals surface area contributed by atoms with Gasteiger partial charge in [0, 0.05) is 24.8 Å². The molecule has 0 aliphatic rings. The molecule has 0 fully saturated rings. The Bertz CT molecular complexity index is 1060. The summed E-state index contributed by atoms with van der Waals surface area (Å²) in [5, 5.41) is 13.8. The number of nitrogens with zero attached hydrogens (tertiary/aromatic N) is 2. The van der Waals surface area contributed by atoms with Crippen LogP contribution in [0.25, 0.3) is 0 Å². The molecule has 0 spiro atoms. The van der Waals surface area contributed by atoms with E-state index in [9.17, 15) is 32.1 Å². The number of carbonyl (C=O) groups is 1. The molecule has 0 aliphatic carbocycles. The van der Waals surface area contributed by atoms with Crippen molar-refractivity contribution in [3.63, 3.8) is 0 Å². The van der Waals surface area contributed by atoms with Gasteiger partial charge in [0.1, 0.15) is 5.75 Å². The second-order valence-corrected chi connectivity index (χ2v) is 8.15. The highest BCUT2D eigenvalue weighted by Gasteiger charge is 2.26.